The Balaban J connectivity index is 1.53. The number of fused-ring (bicyclic) bond motifs is 1. The standard InChI is InChI=1S/C28H25N5O5S/c1-16-12-20(17(2)31(16)22-13-19(33(34)35)8-9-23(22)36-3)27-26(21-6-4-5-11-29-21)30-28(39)32(27)18-7-10-24-25(14-18)38-15-37-24/h4-14,26-27H,15H2,1-3H3,(H,30,39)/t26-,27-/m0/s1. The van der Waals surface area contributed by atoms with E-state index in [1.54, 1.807) is 19.4 Å². The Bertz CT molecular complexity index is 1610. The molecule has 11 heteroatoms. The molecule has 4 aromatic rings. The number of hydrogen-bond donors (Lipinski definition) is 1. The Morgan fingerprint density at radius 3 is 2.67 bits per heavy atom. The highest BCUT2D eigenvalue weighted by Gasteiger charge is 2.42. The van der Waals surface area contributed by atoms with Gasteiger partial charge >= 0.3 is 0 Å². The van der Waals surface area contributed by atoms with Gasteiger partial charge in [0.15, 0.2) is 16.6 Å². The molecule has 0 radical (unpaired) electrons. The number of pyridine rings is 1. The fourth-order valence-electron chi connectivity index (χ4n) is 5.41. The summed E-state index contributed by atoms with van der Waals surface area (Å²) in [6.07, 6.45) is 1.76. The van der Waals surface area contributed by atoms with Crippen LogP contribution in [0.2, 0.25) is 0 Å². The summed E-state index contributed by atoms with van der Waals surface area (Å²) in [6, 6.07) is 17.7. The van der Waals surface area contributed by atoms with Crippen LogP contribution in [0.1, 0.15) is 34.7 Å². The minimum Gasteiger partial charge on any atom is -0.495 e. The van der Waals surface area contributed by atoms with Gasteiger partial charge in [-0.2, -0.15) is 0 Å². The monoisotopic (exact) mass is 543 g/mol. The van der Waals surface area contributed by atoms with Crippen molar-refractivity contribution in [3.8, 4) is 22.9 Å². The average Bonchev–Trinajstić information content (AvgIpc) is 3.63. The number of ether oxygens (including phenoxy) is 3. The first kappa shape index (κ1) is 24.7. The van der Waals surface area contributed by atoms with Crippen molar-refractivity contribution < 1.29 is 19.1 Å². The van der Waals surface area contributed by atoms with Crippen molar-refractivity contribution in [2.75, 3.05) is 18.8 Å². The van der Waals surface area contributed by atoms with E-state index in [1.165, 1.54) is 12.1 Å². The maximum atomic E-state index is 11.6. The van der Waals surface area contributed by atoms with Gasteiger partial charge in [-0.1, -0.05) is 6.07 Å². The Morgan fingerprint density at radius 2 is 1.92 bits per heavy atom. The Hall–Kier alpha value is -4.64. The maximum absolute atomic E-state index is 11.6. The fourth-order valence-corrected chi connectivity index (χ4v) is 5.75. The van der Waals surface area contributed by atoms with Crippen molar-refractivity contribution in [2.24, 2.45) is 0 Å². The molecule has 2 aromatic carbocycles. The number of rotatable bonds is 6. The number of methoxy groups -OCH3 is 1. The smallest absolute Gasteiger partial charge is 0.271 e. The Morgan fingerprint density at radius 1 is 1.10 bits per heavy atom. The summed E-state index contributed by atoms with van der Waals surface area (Å²) in [5.41, 5.74) is 5.03. The quantitative estimate of drug-likeness (QED) is 0.197. The summed E-state index contributed by atoms with van der Waals surface area (Å²) in [7, 11) is 1.55. The van der Waals surface area contributed by atoms with E-state index in [0.29, 0.717) is 28.0 Å². The van der Waals surface area contributed by atoms with E-state index >= 15 is 0 Å². The highest BCUT2D eigenvalue weighted by molar-refractivity contribution is 7.80. The number of nitrogens with one attached hydrogen (secondary N) is 1. The lowest BCUT2D eigenvalue weighted by Crippen LogP contribution is -2.29. The third-order valence-corrected chi connectivity index (χ3v) is 7.45. The molecule has 198 valence electrons. The maximum Gasteiger partial charge on any atom is 0.271 e. The van der Waals surface area contributed by atoms with Gasteiger partial charge in [-0.25, -0.2) is 0 Å². The SMILES string of the molecule is COc1ccc([N+](=O)[O-])cc1-n1c(C)cc([C@H]2[C@H](c3ccccn3)NC(=S)N2c2ccc3c(c2)OCO3)c1C. The summed E-state index contributed by atoms with van der Waals surface area (Å²) in [6.45, 7) is 4.14. The first-order valence-corrected chi connectivity index (χ1v) is 12.7. The zero-order valence-corrected chi connectivity index (χ0v) is 22.3. The van der Waals surface area contributed by atoms with Crippen LogP contribution < -0.4 is 24.4 Å². The highest BCUT2D eigenvalue weighted by Crippen LogP contribution is 2.46. The Labute approximate surface area is 229 Å². The van der Waals surface area contributed by atoms with Gasteiger partial charge in [0.2, 0.25) is 6.79 Å². The van der Waals surface area contributed by atoms with Gasteiger partial charge in [-0.15, -0.1) is 0 Å². The number of nitrogens with zero attached hydrogens (tertiary/aromatic N) is 4. The van der Waals surface area contributed by atoms with Crippen molar-refractivity contribution in [3.05, 3.63) is 99.6 Å². The van der Waals surface area contributed by atoms with Crippen molar-refractivity contribution in [1.29, 1.82) is 0 Å². The molecular formula is C28H25N5O5S. The molecule has 2 aliphatic heterocycles. The summed E-state index contributed by atoms with van der Waals surface area (Å²) >= 11 is 5.88. The molecule has 0 spiro atoms. The lowest BCUT2D eigenvalue weighted by molar-refractivity contribution is -0.384. The highest BCUT2D eigenvalue weighted by atomic mass is 32.1. The molecule has 2 atom stereocenters. The minimum atomic E-state index is -0.407. The van der Waals surface area contributed by atoms with Crippen LogP contribution in [0.4, 0.5) is 11.4 Å². The molecule has 4 heterocycles. The molecule has 39 heavy (non-hydrogen) atoms. The number of thiocarbonyl (C=S) groups is 1. The topological polar surface area (TPSA) is 104 Å². The molecule has 0 unspecified atom stereocenters. The second kappa shape index (κ2) is 9.59. The van der Waals surface area contributed by atoms with Crippen LogP contribution in [-0.2, 0) is 0 Å². The van der Waals surface area contributed by atoms with Gasteiger partial charge in [-0.05, 0) is 68.0 Å². The van der Waals surface area contributed by atoms with Crippen molar-refractivity contribution in [2.45, 2.75) is 25.9 Å². The zero-order chi connectivity index (χ0) is 27.3. The lowest BCUT2D eigenvalue weighted by Gasteiger charge is -2.28. The summed E-state index contributed by atoms with van der Waals surface area (Å²) in [4.78, 5) is 17.9. The van der Waals surface area contributed by atoms with Crippen LogP contribution in [0.3, 0.4) is 0 Å². The number of benzene rings is 2. The van der Waals surface area contributed by atoms with Gasteiger partial charge in [0.25, 0.3) is 5.69 Å². The van der Waals surface area contributed by atoms with Crippen molar-refractivity contribution >= 4 is 28.7 Å². The van der Waals surface area contributed by atoms with Crippen LogP contribution in [0.15, 0.2) is 66.9 Å². The molecule has 1 saturated heterocycles. The zero-order valence-electron chi connectivity index (χ0n) is 21.5. The van der Waals surface area contributed by atoms with Crippen LogP contribution in [0, 0.1) is 24.0 Å². The second-order valence-corrected chi connectivity index (χ2v) is 9.70. The molecule has 0 saturated carbocycles. The molecule has 6 rings (SSSR count). The van der Waals surface area contributed by atoms with Gasteiger partial charge in [0.05, 0.1) is 35.5 Å². The van der Waals surface area contributed by atoms with E-state index in [0.717, 1.165) is 28.3 Å². The van der Waals surface area contributed by atoms with Crippen molar-refractivity contribution in [1.82, 2.24) is 14.9 Å². The normalized spacial score (nSPS) is 17.8. The molecule has 1 N–H and O–H groups in total. The number of anilines is 1. The summed E-state index contributed by atoms with van der Waals surface area (Å²) < 4.78 is 18.7. The Kier molecular flexibility index (Phi) is 6.07. The second-order valence-electron chi connectivity index (χ2n) is 9.31. The van der Waals surface area contributed by atoms with Gasteiger partial charge in [0, 0.05) is 41.5 Å². The predicted molar refractivity (Wildman–Crippen MR) is 149 cm³/mol. The molecule has 0 aliphatic carbocycles. The van der Waals surface area contributed by atoms with Crippen LogP contribution in [0.5, 0.6) is 17.2 Å². The van der Waals surface area contributed by atoms with Gasteiger partial charge < -0.3 is 29.0 Å². The molecular weight excluding hydrogens is 518 g/mol. The third-order valence-electron chi connectivity index (χ3n) is 7.14. The van der Waals surface area contributed by atoms with Crippen LogP contribution in [0.25, 0.3) is 5.69 Å². The van der Waals surface area contributed by atoms with Crippen molar-refractivity contribution in [3.63, 3.8) is 0 Å². The van der Waals surface area contributed by atoms with E-state index in [4.69, 9.17) is 26.4 Å². The van der Waals surface area contributed by atoms with Gasteiger partial charge in [0.1, 0.15) is 5.75 Å². The molecule has 2 aliphatic rings. The van der Waals surface area contributed by atoms with E-state index in [-0.39, 0.29) is 24.6 Å². The molecule has 1 fully saturated rings. The molecule has 2 aromatic heterocycles. The number of nitro benzene ring substituents is 1. The number of nitro groups is 1. The summed E-state index contributed by atoms with van der Waals surface area (Å²) in [5.74, 6) is 1.87. The minimum absolute atomic E-state index is 0.0168. The van der Waals surface area contributed by atoms with E-state index in [9.17, 15) is 10.1 Å². The van der Waals surface area contributed by atoms with Crippen LogP contribution >= 0.6 is 12.2 Å². The number of non-ortho nitro benzene ring substituents is 1. The molecule has 0 bridgehead atoms. The van der Waals surface area contributed by atoms with Crippen LogP contribution in [-0.4, -0.2) is 33.5 Å². The van der Waals surface area contributed by atoms with E-state index in [2.05, 4.69) is 21.3 Å². The average molecular weight is 544 g/mol. The predicted octanol–water partition coefficient (Wildman–Crippen LogP) is 5.31. The number of aromatic nitrogens is 2. The first-order valence-electron chi connectivity index (χ1n) is 12.3. The summed E-state index contributed by atoms with van der Waals surface area (Å²) in [5, 5.41) is 15.6. The number of hydrogen-bond acceptors (Lipinski definition) is 7. The lowest BCUT2D eigenvalue weighted by atomic mass is 9.96. The van der Waals surface area contributed by atoms with E-state index in [1.807, 2.05) is 54.8 Å². The molecule has 10 nitrogen and oxygen atoms in total. The third kappa shape index (κ3) is 4.11. The largest absolute Gasteiger partial charge is 0.495 e. The fraction of sp³-hybridized carbons (Fsp3) is 0.214. The van der Waals surface area contributed by atoms with E-state index < -0.39 is 4.92 Å². The first-order chi connectivity index (χ1) is 18.9. The van der Waals surface area contributed by atoms with Gasteiger partial charge in [-0.3, -0.25) is 15.1 Å². The molecule has 0 amide bonds. The number of aryl methyl sites for hydroxylation is 1.